The number of nitrogens with zero attached hydrogens (tertiary/aromatic N) is 3. The minimum atomic E-state index is -0.869. The van der Waals surface area contributed by atoms with Gasteiger partial charge in [-0.15, -0.1) is 0 Å². The van der Waals surface area contributed by atoms with Gasteiger partial charge in [0.05, 0.1) is 35.7 Å². The number of ether oxygens (including phenoxy) is 2. The van der Waals surface area contributed by atoms with Crippen LogP contribution < -0.4 is 10.6 Å². The minimum Gasteiger partial charge on any atom is -0.351 e. The van der Waals surface area contributed by atoms with Crippen LogP contribution in [0.25, 0.3) is 22.6 Å². The molecule has 1 fully saturated rings. The van der Waals surface area contributed by atoms with Gasteiger partial charge in [0.2, 0.25) is 18.1 Å². The summed E-state index contributed by atoms with van der Waals surface area (Å²) in [6, 6.07) is 27.5. The predicted molar refractivity (Wildman–Crippen MR) is 160 cm³/mol. The molecule has 43 heavy (non-hydrogen) atoms. The molecule has 0 unspecified atom stereocenters. The van der Waals surface area contributed by atoms with Crippen LogP contribution in [0, 0.1) is 11.2 Å². The third-order valence-corrected chi connectivity index (χ3v) is 7.22. The Labute approximate surface area is 248 Å². The second kappa shape index (κ2) is 12.5. The summed E-state index contributed by atoms with van der Waals surface area (Å²) >= 11 is 0. The molecule has 0 atom stereocenters. The molecular weight excluding hydrogens is 547 g/mol. The van der Waals surface area contributed by atoms with E-state index in [-0.39, 0.29) is 24.9 Å². The molecular formula is C33H31FN6O3. The first kappa shape index (κ1) is 28.2. The Kier molecular flexibility index (Phi) is 8.21. The van der Waals surface area contributed by atoms with Crippen molar-refractivity contribution in [2.24, 2.45) is 5.41 Å². The van der Waals surface area contributed by atoms with Crippen molar-refractivity contribution >= 4 is 11.9 Å². The van der Waals surface area contributed by atoms with Gasteiger partial charge in [0.1, 0.15) is 5.82 Å². The number of imidazole rings is 1. The second-order valence-electron chi connectivity index (χ2n) is 10.6. The van der Waals surface area contributed by atoms with Crippen LogP contribution in [0.1, 0.15) is 30.2 Å². The molecule has 1 saturated heterocycles. The average molecular weight is 579 g/mol. The first-order chi connectivity index (χ1) is 21.0. The number of carbonyl (C=O) groups excluding carboxylic acids is 1. The Morgan fingerprint density at radius 2 is 1.56 bits per heavy atom. The molecule has 3 aromatic carbocycles. The lowest BCUT2D eigenvalue weighted by atomic mass is 9.91. The lowest BCUT2D eigenvalue weighted by Crippen LogP contribution is -2.48. The zero-order valence-corrected chi connectivity index (χ0v) is 23.6. The third kappa shape index (κ3) is 6.61. The van der Waals surface area contributed by atoms with E-state index in [1.54, 1.807) is 24.4 Å². The number of rotatable bonds is 9. The lowest BCUT2D eigenvalue weighted by Gasteiger charge is -2.35. The topological polar surface area (TPSA) is 114 Å². The third-order valence-electron chi connectivity index (χ3n) is 7.22. The van der Waals surface area contributed by atoms with Crippen molar-refractivity contribution in [3.05, 3.63) is 120 Å². The summed E-state index contributed by atoms with van der Waals surface area (Å²) in [5.74, 6) is 0.362. The number of anilines is 1. The second-order valence-corrected chi connectivity index (χ2v) is 10.6. The van der Waals surface area contributed by atoms with Crippen molar-refractivity contribution in [3.8, 4) is 22.6 Å². The summed E-state index contributed by atoms with van der Waals surface area (Å²) in [4.78, 5) is 30.2. The number of amides is 1. The van der Waals surface area contributed by atoms with E-state index >= 15 is 0 Å². The van der Waals surface area contributed by atoms with Crippen molar-refractivity contribution < 1.29 is 18.7 Å². The number of aromatic amines is 1. The molecule has 3 N–H and O–H groups in total. The zero-order valence-electron chi connectivity index (χ0n) is 23.6. The van der Waals surface area contributed by atoms with Gasteiger partial charge < -0.3 is 25.1 Å². The van der Waals surface area contributed by atoms with Gasteiger partial charge in [-0.25, -0.2) is 19.3 Å². The van der Waals surface area contributed by atoms with Crippen molar-refractivity contribution in [2.45, 2.75) is 26.3 Å². The molecule has 0 bridgehead atoms. The van der Waals surface area contributed by atoms with Crippen LogP contribution in [0.2, 0.25) is 0 Å². The molecule has 1 aliphatic heterocycles. The average Bonchev–Trinajstić information content (AvgIpc) is 3.50. The van der Waals surface area contributed by atoms with Crippen molar-refractivity contribution in [1.29, 1.82) is 0 Å². The summed E-state index contributed by atoms with van der Waals surface area (Å²) < 4.78 is 25.8. The number of hydrogen-bond donors (Lipinski definition) is 3. The molecule has 2 aromatic heterocycles. The minimum absolute atomic E-state index is 0.140. The van der Waals surface area contributed by atoms with Gasteiger partial charge >= 0.3 is 0 Å². The Morgan fingerprint density at radius 1 is 0.907 bits per heavy atom. The maximum absolute atomic E-state index is 13.8. The molecule has 218 valence electrons. The molecule has 0 saturated carbocycles. The van der Waals surface area contributed by atoms with Crippen LogP contribution in [0.15, 0.2) is 97.2 Å². The van der Waals surface area contributed by atoms with E-state index in [2.05, 4.69) is 20.6 Å². The molecule has 0 radical (unpaired) electrons. The van der Waals surface area contributed by atoms with Crippen molar-refractivity contribution in [2.75, 3.05) is 18.5 Å². The fraction of sp³-hybridized carbons (Fsp3) is 0.212. The number of aromatic nitrogens is 4. The highest BCUT2D eigenvalue weighted by molar-refractivity contribution is 5.82. The van der Waals surface area contributed by atoms with Gasteiger partial charge in [0.25, 0.3) is 0 Å². The molecule has 1 amide bonds. The van der Waals surface area contributed by atoms with Gasteiger partial charge in [-0.2, -0.15) is 0 Å². The number of hydrogen-bond acceptors (Lipinski definition) is 7. The normalized spacial score (nSPS) is 18.2. The largest absolute Gasteiger partial charge is 0.351 e. The van der Waals surface area contributed by atoms with E-state index in [9.17, 15) is 9.18 Å². The standard InChI is InChI=1S/C33H31FN6O3/c1-33(31(41)36-18-22-8-4-2-5-9-22)20-42-30(43-21-33)29-39-27(24-12-14-25(34)15-13-24)28(40-29)26-16-17-35-32(38-26)37-19-23-10-6-3-7-11-23/h2-17,30H,18-21H2,1H3,(H,36,41)(H,39,40)(H,35,37,38). The summed E-state index contributed by atoms with van der Waals surface area (Å²) in [6.45, 7) is 3.07. The van der Waals surface area contributed by atoms with E-state index in [0.717, 1.165) is 11.1 Å². The SMILES string of the molecule is CC1(C(=O)NCc2ccccc2)COC(c2nc(-c3ccc(F)cc3)c(-c3ccnc(NCc4ccccc4)n3)[nH]2)OC1. The molecule has 0 aliphatic carbocycles. The van der Waals surface area contributed by atoms with E-state index < -0.39 is 11.7 Å². The smallest absolute Gasteiger partial charge is 0.230 e. The van der Waals surface area contributed by atoms with Gasteiger partial charge in [0.15, 0.2) is 5.82 Å². The maximum Gasteiger partial charge on any atom is 0.230 e. The summed E-state index contributed by atoms with van der Waals surface area (Å²) in [5.41, 5.74) is 3.68. The molecule has 0 spiro atoms. The fourth-order valence-corrected chi connectivity index (χ4v) is 4.75. The molecule has 6 rings (SSSR count). The first-order valence-electron chi connectivity index (χ1n) is 14.0. The summed E-state index contributed by atoms with van der Waals surface area (Å²) in [5, 5.41) is 6.23. The molecule has 10 heteroatoms. The van der Waals surface area contributed by atoms with Crippen LogP contribution in [0.4, 0.5) is 10.3 Å². The van der Waals surface area contributed by atoms with Gasteiger partial charge in [-0.1, -0.05) is 60.7 Å². The van der Waals surface area contributed by atoms with Crippen molar-refractivity contribution in [3.63, 3.8) is 0 Å². The zero-order chi connectivity index (χ0) is 29.6. The van der Waals surface area contributed by atoms with Crippen LogP contribution in [0.3, 0.4) is 0 Å². The van der Waals surface area contributed by atoms with Gasteiger partial charge in [0, 0.05) is 24.8 Å². The molecule has 9 nitrogen and oxygen atoms in total. The monoisotopic (exact) mass is 578 g/mol. The number of carbonyl (C=O) groups is 1. The van der Waals surface area contributed by atoms with Gasteiger partial charge in [-0.3, -0.25) is 4.79 Å². The summed E-state index contributed by atoms with van der Waals surface area (Å²) in [7, 11) is 0. The number of benzene rings is 3. The lowest BCUT2D eigenvalue weighted by molar-refractivity contribution is -0.231. The van der Waals surface area contributed by atoms with Crippen LogP contribution in [-0.2, 0) is 27.4 Å². The Balaban J connectivity index is 1.21. The van der Waals surface area contributed by atoms with E-state index in [4.69, 9.17) is 19.4 Å². The van der Waals surface area contributed by atoms with E-state index in [1.165, 1.54) is 12.1 Å². The van der Waals surface area contributed by atoms with E-state index in [0.29, 0.717) is 47.5 Å². The quantitative estimate of drug-likeness (QED) is 0.207. The number of nitrogens with one attached hydrogen (secondary N) is 3. The van der Waals surface area contributed by atoms with Crippen LogP contribution >= 0.6 is 0 Å². The number of halogens is 1. The first-order valence-corrected chi connectivity index (χ1v) is 14.0. The highest BCUT2D eigenvalue weighted by atomic mass is 19.1. The predicted octanol–water partition coefficient (Wildman–Crippen LogP) is 5.65. The number of H-pyrrole nitrogens is 1. The fourth-order valence-electron chi connectivity index (χ4n) is 4.75. The molecule has 5 aromatic rings. The van der Waals surface area contributed by atoms with Crippen LogP contribution in [0.5, 0.6) is 0 Å². The Bertz CT molecular complexity index is 1670. The molecule has 3 heterocycles. The highest BCUT2D eigenvalue weighted by Crippen LogP contribution is 2.35. The van der Waals surface area contributed by atoms with E-state index in [1.807, 2.05) is 67.6 Å². The summed E-state index contributed by atoms with van der Waals surface area (Å²) in [6.07, 6.45) is 0.831. The Hall–Kier alpha value is -4.93. The highest BCUT2D eigenvalue weighted by Gasteiger charge is 2.40. The van der Waals surface area contributed by atoms with Gasteiger partial charge in [-0.05, 0) is 48.4 Å². The van der Waals surface area contributed by atoms with Crippen LogP contribution in [-0.4, -0.2) is 39.1 Å². The Morgan fingerprint density at radius 3 is 2.23 bits per heavy atom. The van der Waals surface area contributed by atoms with Crippen molar-refractivity contribution in [1.82, 2.24) is 25.3 Å². The maximum atomic E-state index is 13.8. The molecule has 1 aliphatic rings.